The van der Waals surface area contributed by atoms with Gasteiger partial charge in [-0.25, -0.2) is 4.98 Å². The van der Waals surface area contributed by atoms with Crippen LogP contribution in [0.15, 0.2) is 42.6 Å². The third kappa shape index (κ3) is 5.50. The van der Waals surface area contributed by atoms with Gasteiger partial charge in [0.2, 0.25) is 5.91 Å². The van der Waals surface area contributed by atoms with Crippen molar-refractivity contribution in [2.45, 2.75) is 26.4 Å². The van der Waals surface area contributed by atoms with Crippen molar-refractivity contribution < 1.29 is 4.79 Å². The molecule has 1 heterocycles. The van der Waals surface area contributed by atoms with Crippen molar-refractivity contribution in [3.63, 3.8) is 0 Å². The van der Waals surface area contributed by atoms with Gasteiger partial charge in [-0.2, -0.15) is 0 Å². The van der Waals surface area contributed by atoms with Crippen LogP contribution in [0.2, 0.25) is 10.2 Å². The number of halogens is 2. The van der Waals surface area contributed by atoms with Gasteiger partial charge in [-0.1, -0.05) is 35.3 Å². The van der Waals surface area contributed by atoms with E-state index in [4.69, 9.17) is 23.2 Å². The summed E-state index contributed by atoms with van der Waals surface area (Å²) in [6, 6.07) is 11.3. The molecule has 1 aromatic carbocycles. The monoisotopic (exact) mass is 351 g/mol. The summed E-state index contributed by atoms with van der Waals surface area (Å²) in [6.45, 7) is 5.01. The topological polar surface area (TPSA) is 45.2 Å². The minimum Gasteiger partial charge on any atom is -0.322 e. The van der Waals surface area contributed by atoms with Gasteiger partial charge in [0.25, 0.3) is 0 Å². The molecule has 0 saturated carbocycles. The van der Waals surface area contributed by atoms with Crippen LogP contribution in [-0.4, -0.2) is 28.4 Å². The smallest absolute Gasteiger partial charge is 0.238 e. The zero-order valence-corrected chi connectivity index (χ0v) is 14.6. The second kappa shape index (κ2) is 8.29. The molecule has 1 amide bonds. The first-order chi connectivity index (χ1) is 11.0. The predicted octanol–water partition coefficient (Wildman–Crippen LogP) is 4.24. The number of carbonyl (C=O) groups is 1. The molecule has 1 N–H and O–H groups in total. The maximum atomic E-state index is 12.3. The van der Waals surface area contributed by atoms with E-state index in [0.717, 1.165) is 5.56 Å². The molecule has 0 atom stereocenters. The maximum absolute atomic E-state index is 12.3. The van der Waals surface area contributed by atoms with Gasteiger partial charge in [0.05, 0.1) is 12.2 Å². The molecule has 1 aromatic heterocycles. The van der Waals surface area contributed by atoms with Gasteiger partial charge in [-0.05, 0) is 43.7 Å². The van der Waals surface area contributed by atoms with E-state index in [0.29, 0.717) is 17.3 Å². The van der Waals surface area contributed by atoms with Crippen LogP contribution in [0.25, 0.3) is 0 Å². The van der Waals surface area contributed by atoms with E-state index >= 15 is 0 Å². The van der Waals surface area contributed by atoms with Crippen molar-refractivity contribution in [2.75, 3.05) is 11.9 Å². The van der Waals surface area contributed by atoms with Crippen molar-refractivity contribution in [3.05, 3.63) is 58.3 Å². The van der Waals surface area contributed by atoms with Crippen LogP contribution >= 0.6 is 23.2 Å². The molecule has 0 aliphatic carbocycles. The molecule has 4 nitrogen and oxygen atoms in total. The molecular formula is C17H19Cl2N3O. The highest BCUT2D eigenvalue weighted by molar-refractivity contribution is 6.32. The summed E-state index contributed by atoms with van der Waals surface area (Å²) in [6.07, 6.45) is 1.58. The standard InChI is InChI=1S/C17H19Cl2N3O/c1-12(2)22(10-13-5-3-6-14(18)9-13)11-16(23)21-15-7-4-8-20-17(15)19/h3-9,12H,10-11H2,1-2H3,(H,21,23). The van der Waals surface area contributed by atoms with E-state index in [1.807, 2.05) is 24.3 Å². The highest BCUT2D eigenvalue weighted by Gasteiger charge is 2.15. The lowest BCUT2D eigenvalue weighted by Crippen LogP contribution is -2.37. The summed E-state index contributed by atoms with van der Waals surface area (Å²) in [5, 5.41) is 3.77. The summed E-state index contributed by atoms with van der Waals surface area (Å²) in [5.41, 5.74) is 1.59. The van der Waals surface area contributed by atoms with Crippen LogP contribution in [0.3, 0.4) is 0 Å². The molecule has 0 aliphatic rings. The number of rotatable bonds is 6. The maximum Gasteiger partial charge on any atom is 0.238 e. The third-order valence-electron chi connectivity index (χ3n) is 3.38. The fourth-order valence-corrected chi connectivity index (χ4v) is 2.52. The van der Waals surface area contributed by atoms with Crippen molar-refractivity contribution in [2.24, 2.45) is 0 Å². The number of benzene rings is 1. The average molecular weight is 352 g/mol. The summed E-state index contributed by atoms with van der Waals surface area (Å²) >= 11 is 12.0. The second-order valence-corrected chi connectivity index (χ2v) is 6.31. The lowest BCUT2D eigenvalue weighted by molar-refractivity contribution is -0.117. The first kappa shape index (κ1) is 17.7. The Bertz CT molecular complexity index is 676. The quantitative estimate of drug-likeness (QED) is 0.791. The molecule has 0 unspecified atom stereocenters. The normalized spacial score (nSPS) is 11.0. The van der Waals surface area contributed by atoms with Crippen LogP contribution < -0.4 is 5.32 Å². The Balaban J connectivity index is 2.01. The molecule has 0 fully saturated rings. The molecule has 6 heteroatoms. The Kier molecular flexibility index (Phi) is 6.39. The summed E-state index contributed by atoms with van der Waals surface area (Å²) in [5.74, 6) is -0.129. The highest BCUT2D eigenvalue weighted by atomic mass is 35.5. The first-order valence-corrected chi connectivity index (χ1v) is 8.10. The molecule has 0 aliphatic heterocycles. The van der Waals surface area contributed by atoms with Crippen LogP contribution in [0.4, 0.5) is 5.69 Å². The average Bonchev–Trinajstić information content (AvgIpc) is 2.49. The van der Waals surface area contributed by atoms with Gasteiger partial charge in [0, 0.05) is 23.8 Å². The summed E-state index contributed by atoms with van der Waals surface area (Å²) < 4.78 is 0. The Morgan fingerprint density at radius 2 is 2.04 bits per heavy atom. The van der Waals surface area contributed by atoms with Crippen LogP contribution in [0.1, 0.15) is 19.4 Å². The number of pyridine rings is 1. The lowest BCUT2D eigenvalue weighted by Gasteiger charge is -2.26. The first-order valence-electron chi connectivity index (χ1n) is 7.34. The summed E-state index contributed by atoms with van der Waals surface area (Å²) in [7, 11) is 0. The minimum atomic E-state index is -0.129. The Hall–Kier alpha value is -1.62. The largest absolute Gasteiger partial charge is 0.322 e. The lowest BCUT2D eigenvalue weighted by atomic mass is 10.2. The van der Waals surface area contributed by atoms with Crippen LogP contribution in [-0.2, 0) is 11.3 Å². The number of aromatic nitrogens is 1. The Morgan fingerprint density at radius 3 is 2.70 bits per heavy atom. The van der Waals surface area contributed by atoms with Gasteiger partial charge < -0.3 is 5.32 Å². The molecular weight excluding hydrogens is 333 g/mol. The number of hydrogen-bond acceptors (Lipinski definition) is 3. The molecule has 0 saturated heterocycles. The Morgan fingerprint density at radius 1 is 1.26 bits per heavy atom. The van der Waals surface area contributed by atoms with Gasteiger partial charge >= 0.3 is 0 Å². The SMILES string of the molecule is CC(C)N(CC(=O)Nc1cccnc1Cl)Cc1cccc(Cl)c1. The van der Waals surface area contributed by atoms with Crippen molar-refractivity contribution in [1.82, 2.24) is 9.88 Å². The van der Waals surface area contributed by atoms with E-state index in [9.17, 15) is 4.79 Å². The molecule has 0 radical (unpaired) electrons. The molecule has 2 rings (SSSR count). The van der Waals surface area contributed by atoms with Gasteiger partial charge in [-0.15, -0.1) is 0 Å². The number of amides is 1. The zero-order valence-electron chi connectivity index (χ0n) is 13.1. The van der Waals surface area contributed by atoms with Gasteiger partial charge in [0.15, 0.2) is 5.15 Å². The molecule has 0 bridgehead atoms. The predicted molar refractivity (Wildman–Crippen MR) is 94.9 cm³/mol. The zero-order chi connectivity index (χ0) is 16.8. The van der Waals surface area contributed by atoms with E-state index < -0.39 is 0 Å². The van der Waals surface area contributed by atoms with E-state index in [2.05, 4.69) is 29.0 Å². The van der Waals surface area contributed by atoms with Crippen molar-refractivity contribution in [3.8, 4) is 0 Å². The highest BCUT2D eigenvalue weighted by Crippen LogP contribution is 2.18. The fourth-order valence-electron chi connectivity index (χ4n) is 2.14. The minimum absolute atomic E-state index is 0.129. The molecule has 122 valence electrons. The van der Waals surface area contributed by atoms with Gasteiger partial charge in [0.1, 0.15) is 0 Å². The number of nitrogens with one attached hydrogen (secondary N) is 1. The molecule has 2 aromatic rings. The molecule has 0 spiro atoms. The fraction of sp³-hybridized carbons (Fsp3) is 0.294. The molecule has 23 heavy (non-hydrogen) atoms. The third-order valence-corrected chi connectivity index (χ3v) is 3.92. The van der Waals surface area contributed by atoms with Crippen molar-refractivity contribution in [1.29, 1.82) is 0 Å². The van der Waals surface area contributed by atoms with Crippen LogP contribution in [0, 0.1) is 0 Å². The summed E-state index contributed by atoms with van der Waals surface area (Å²) in [4.78, 5) is 18.3. The van der Waals surface area contributed by atoms with Gasteiger partial charge in [-0.3, -0.25) is 9.69 Å². The number of anilines is 1. The second-order valence-electron chi connectivity index (χ2n) is 5.52. The number of nitrogens with zero attached hydrogens (tertiary/aromatic N) is 2. The van der Waals surface area contributed by atoms with E-state index in [1.54, 1.807) is 18.3 Å². The van der Waals surface area contributed by atoms with Crippen LogP contribution in [0.5, 0.6) is 0 Å². The van der Waals surface area contributed by atoms with E-state index in [-0.39, 0.29) is 23.6 Å². The number of carbonyl (C=O) groups excluding carboxylic acids is 1. The number of hydrogen-bond donors (Lipinski definition) is 1. The van der Waals surface area contributed by atoms with E-state index in [1.165, 1.54) is 0 Å². The Labute approximate surface area is 146 Å². The van der Waals surface area contributed by atoms with Crippen molar-refractivity contribution >= 4 is 34.8 Å².